The second-order valence-electron chi connectivity index (χ2n) is 3.03. The zero-order valence-electron chi connectivity index (χ0n) is 9.75. The van der Waals surface area contributed by atoms with Gasteiger partial charge in [-0.25, -0.2) is 0 Å². The molecule has 6 N–H and O–H groups in total. The van der Waals surface area contributed by atoms with E-state index in [-0.39, 0.29) is 37.7 Å². The van der Waals surface area contributed by atoms with Crippen LogP contribution in [0.5, 0.6) is 0 Å². The number of aliphatic hydroxyl groups excluding tert-OH is 6. The first-order valence-corrected chi connectivity index (χ1v) is 4.54. The van der Waals surface area contributed by atoms with Crippen LogP contribution in [0.2, 0.25) is 0 Å². The Labute approximate surface area is 137 Å². The Bertz CT molecular complexity index is 234. The Kier molecular flexibility index (Phi) is 16.4. The van der Waals surface area contributed by atoms with Crippen molar-refractivity contribution < 1.29 is 50.4 Å². The molecule has 0 rings (SSSR count). The quantitative estimate of drug-likeness (QED) is 0.256. The average molecular weight is 310 g/mol. The van der Waals surface area contributed by atoms with Gasteiger partial charge in [-0.05, 0) is 0 Å². The summed E-state index contributed by atoms with van der Waals surface area (Å²) in [5, 5.41) is 68.8. The monoisotopic (exact) mass is 310 g/mol. The molecule has 0 amide bonds. The zero-order chi connectivity index (χ0) is 14.9. The SMILES string of the molecule is O=C([O-])[C@H](O)[C@@H](O)CO.O=C([O-])[C@H](O)[C@@H](O)CO.[Ca+2]. The van der Waals surface area contributed by atoms with Crippen LogP contribution in [0.15, 0.2) is 0 Å². The van der Waals surface area contributed by atoms with Crippen molar-refractivity contribution in [3.63, 3.8) is 0 Å². The minimum Gasteiger partial charge on any atom is -0.547 e. The summed E-state index contributed by atoms with van der Waals surface area (Å²) in [5.41, 5.74) is 0. The van der Waals surface area contributed by atoms with Crippen molar-refractivity contribution >= 4 is 49.7 Å². The minimum absolute atomic E-state index is 0. The number of carbonyl (C=O) groups excluding carboxylic acids is 2. The van der Waals surface area contributed by atoms with Gasteiger partial charge in [-0.2, -0.15) is 0 Å². The summed E-state index contributed by atoms with van der Waals surface area (Å²) in [7, 11) is 0. The Morgan fingerprint density at radius 1 is 0.789 bits per heavy atom. The van der Waals surface area contributed by atoms with Crippen molar-refractivity contribution in [2.24, 2.45) is 0 Å². The van der Waals surface area contributed by atoms with Crippen molar-refractivity contribution in [1.29, 1.82) is 0 Å². The molecule has 0 aromatic heterocycles. The Balaban J connectivity index is -0.000000256. The summed E-state index contributed by atoms with van der Waals surface area (Å²) in [6.45, 7) is -1.59. The molecule has 0 aromatic carbocycles. The molecule has 19 heavy (non-hydrogen) atoms. The number of hydrogen-bond acceptors (Lipinski definition) is 10. The maximum Gasteiger partial charge on any atom is 2.00 e. The maximum atomic E-state index is 9.67. The predicted molar refractivity (Wildman–Crippen MR) is 54.0 cm³/mol. The van der Waals surface area contributed by atoms with E-state index in [1.54, 1.807) is 0 Å². The van der Waals surface area contributed by atoms with Crippen LogP contribution in [0.3, 0.4) is 0 Å². The molecule has 0 radical (unpaired) electrons. The molecule has 0 aliphatic rings. The third-order valence-electron chi connectivity index (χ3n) is 1.59. The fourth-order valence-corrected chi connectivity index (χ4v) is 0.514. The smallest absolute Gasteiger partial charge is 0.547 e. The van der Waals surface area contributed by atoms with E-state index >= 15 is 0 Å². The third kappa shape index (κ3) is 11.5. The first-order valence-electron chi connectivity index (χ1n) is 4.54. The first-order chi connectivity index (χ1) is 8.18. The summed E-state index contributed by atoms with van der Waals surface area (Å²) in [6, 6.07) is 0. The molecule has 4 atom stereocenters. The zero-order valence-corrected chi connectivity index (χ0v) is 12.0. The molecule has 0 saturated carbocycles. The van der Waals surface area contributed by atoms with E-state index < -0.39 is 49.6 Å². The number of carboxylic acid groups (broad SMARTS) is 2. The van der Waals surface area contributed by atoms with E-state index in [4.69, 9.17) is 30.6 Å². The largest absolute Gasteiger partial charge is 2.00 e. The van der Waals surface area contributed by atoms with E-state index in [1.807, 2.05) is 0 Å². The number of carboxylic acids is 2. The van der Waals surface area contributed by atoms with Gasteiger partial charge >= 0.3 is 37.7 Å². The minimum atomic E-state index is -2.00. The molecule has 0 unspecified atom stereocenters. The summed E-state index contributed by atoms with van der Waals surface area (Å²) >= 11 is 0. The topological polar surface area (TPSA) is 202 Å². The fraction of sp³-hybridized carbons (Fsp3) is 0.750. The number of rotatable bonds is 6. The number of aliphatic hydroxyl groups is 6. The maximum absolute atomic E-state index is 9.67. The van der Waals surface area contributed by atoms with Gasteiger partial charge in [-0.15, -0.1) is 0 Å². The summed E-state index contributed by atoms with van der Waals surface area (Å²) < 4.78 is 0. The van der Waals surface area contributed by atoms with E-state index in [2.05, 4.69) is 0 Å². The van der Waals surface area contributed by atoms with Crippen LogP contribution in [0.1, 0.15) is 0 Å². The molecular weight excluding hydrogens is 296 g/mol. The molecule has 108 valence electrons. The molecule has 0 aliphatic heterocycles. The molecule has 0 spiro atoms. The second-order valence-corrected chi connectivity index (χ2v) is 3.03. The van der Waals surface area contributed by atoms with Crippen LogP contribution >= 0.6 is 0 Å². The molecule has 10 nitrogen and oxygen atoms in total. The van der Waals surface area contributed by atoms with Crippen molar-refractivity contribution in [1.82, 2.24) is 0 Å². The van der Waals surface area contributed by atoms with Gasteiger partial charge < -0.3 is 50.4 Å². The first kappa shape index (κ1) is 24.0. The summed E-state index contributed by atoms with van der Waals surface area (Å²) in [4.78, 5) is 19.3. The van der Waals surface area contributed by atoms with Crippen molar-refractivity contribution in [2.45, 2.75) is 24.4 Å². The van der Waals surface area contributed by atoms with Crippen molar-refractivity contribution in [3.8, 4) is 0 Å². The Hall–Kier alpha value is -0.0403. The van der Waals surface area contributed by atoms with Gasteiger partial charge in [0.15, 0.2) is 0 Å². The normalized spacial score (nSPS) is 15.9. The van der Waals surface area contributed by atoms with Gasteiger partial charge in [0.25, 0.3) is 0 Å². The molecule has 0 aliphatic carbocycles. The number of carbonyl (C=O) groups is 2. The molecule has 11 heteroatoms. The average Bonchev–Trinajstić information content (AvgIpc) is 2.35. The van der Waals surface area contributed by atoms with Crippen LogP contribution in [0.4, 0.5) is 0 Å². The van der Waals surface area contributed by atoms with Gasteiger partial charge in [0.1, 0.15) is 24.4 Å². The van der Waals surface area contributed by atoms with E-state index in [1.165, 1.54) is 0 Å². The second kappa shape index (κ2) is 13.0. The predicted octanol–water partition coefficient (Wildman–Crippen LogP) is -7.48. The van der Waals surface area contributed by atoms with E-state index in [0.717, 1.165) is 0 Å². The van der Waals surface area contributed by atoms with Crippen LogP contribution in [0.25, 0.3) is 0 Å². The van der Waals surface area contributed by atoms with Gasteiger partial charge in [-0.3, -0.25) is 0 Å². The molecule has 0 saturated heterocycles. The van der Waals surface area contributed by atoms with Crippen LogP contribution in [0, 0.1) is 0 Å². The van der Waals surface area contributed by atoms with Crippen LogP contribution < -0.4 is 10.2 Å². The van der Waals surface area contributed by atoms with Crippen molar-refractivity contribution in [2.75, 3.05) is 13.2 Å². The van der Waals surface area contributed by atoms with Crippen molar-refractivity contribution in [3.05, 3.63) is 0 Å². The summed E-state index contributed by atoms with van der Waals surface area (Å²) in [6.07, 6.45) is -7.32. The summed E-state index contributed by atoms with van der Waals surface area (Å²) in [5.74, 6) is -3.59. The van der Waals surface area contributed by atoms with Gasteiger partial charge in [0.05, 0.1) is 25.2 Å². The molecule has 0 heterocycles. The molecule has 0 bridgehead atoms. The fourth-order valence-electron chi connectivity index (χ4n) is 0.514. The molecule has 0 fully saturated rings. The van der Waals surface area contributed by atoms with E-state index in [0.29, 0.717) is 0 Å². The Morgan fingerprint density at radius 2 is 1.00 bits per heavy atom. The van der Waals surface area contributed by atoms with Gasteiger partial charge in [0.2, 0.25) is 0 Å². The Morgan fingerprint density at radius 3 is 1.05 bits per heavy atom. The molecule has 0 aromatic rings. The standard InChI is InChI=1S/2C4H8O5.Ca/c2*5-1-2(6)3(7)4(8)9;/h2*2-3,5-7H,1H2,(H,8,9);/q;;+2/p-2/t2*2-,3+;/m00./s1. The van der Waals surface area contributed by atoms with E-state index in [9.17, 15) is 19.8 Å². The van der Waals surface area contributed by atoms with Gasteiger partial charge in [0, 0.05) is 0 Å². The van der Waals surface area contributed by atoms with Crippen LogP contribution in [-0.2, 0) is 9.59 Å². The van der Waals surface area contributed by atoms with Crippen LogP contribution in [-0.4, -0.2) is 118 Å². The third-order valence-corrected chi connectivity index (χ3v) is 1.59. The molecular formula is C8H14CaO10. The number of hydrogen-bond donors (Lipinski definition) is 6. The van der Waals surface area contributed by atoms with Gasteiger partial charge in [-0.1, -0.05) is 0 Å². The number of aliphatic carboxylic acids is 2.